The Morgan fingerprint density at radius 3 is 2.50 bits per heavy atom. The third-order valence-electron chi connectivity index (χ3n) is 5.56. The second kappa shape index (κ2) is 7.92. The molecule has 0 bridgehead atoms. The summed E-state index contributed by atoms with van der Waals surface area (Å²) in [5, 5.41) is 14.4. The lowest BCUT2D eigenvalue weighted by Crippen LogP contribution is -2.47. The molecule has 2 fully saturated rings. The molecule has 9 nitrogen and oxygen atoms in total. The highest BCUT2D eigenvalue weighted by atomic mass is 16.3. The molecule has 0 unspecified atom stereocenters. The highest BCUT2D eigenvalue weighted by Gasteiger charge is 2.32. The largest absolute Gasteiger partial charge is 0.391 e. The lowest BCUT2D eigenvalue weighted by Gasteiger charge is -2.36. The van der Waals surface area contributed by atoms with Gasteiger partial charge in [0.05, 0.1) is 18.0 Å². The van der Waals surface area contributed by atoms with Gasteiger partial charge in [-0.2, -0.15) is 5.10 Å². The molecule has 0 saturated carbocycles. The summed E-state index contributed by atoms with van der Waals surface area (Å²) in [7, 11) is 6.08. The van der Waals surface area contributed by atoms with Gasteiger partial charge in [0, 0.05) is 64.6 Å². The minimum absolute atomic E-state index is 0.273. The van der Waals surface area contributed by atoms with E-state index in [9.17, 15) is 5.11 Å². The molecule has 0 amide bonds. The first-order valence-electron chi connectivity index (χ1n) is 9.89. The lowest BCUT2D eigenvalue weighted by molar-refractivity contribution is 0.191. The molecule has 1 N–H and O–H groups in total. The number of aryl methyl sites for hydroxylation is 1. The van der Waals surface area contributed by atoms with Crippen molar-refractivity contribution in [2.75, 3.05) is 68.1 Å². The molecule has 0 radical (unpaired) electrons. The van der Waals surface area contributed by atoms with Gasteiger partial charge in [-0.25, -0.2) is 9.97 Å². The van der Waals surface area contributed by atoms with E-state index in [4.69, 9.17) is 0 Å². The van der Waals surface area contributed by atoms with Crippen molar-refractivity contribution in [1.29, 1.82) is 0 Å². The zero-order chi connectivity index (χ0) is 19.7. The van der Waals surface area contributed by atoms with Crippen molar-refractivity contribution in [3.63, 3.8) is 0 Å². The van der Waals surface area contributed by atoms with Crippen LogP contribution in [0.2, 0.25) is 0 Å². The fourth-order valence-corrected chi connectivity index (χ4v) is 4.20. The zero-order valence-corrected chi connectivity index (χ0v) is 16.9. The number of hydrogen-bond acceptors (Lipinski definition) is 8. The van der Waals surface area contributed by atoms with E-state index in [0.29, 0.717) is 6.54 Å². The molecule has 28 heavy (non-hydrogen) atoms. The number of piperazine rings is 1. The van der Waals surface area contributed by atoms with E-state index in [-0.39, 0.29) is 12.1 Å². The molecular weight excluding hydrogens is 356 g/mol. The van der Waals surface area contributed by atoms with E-state index >= 15 is 0 Å². The first-order valence-corrected chi connectivity index (χ1v) is 9.89. The monoisotopic (exact) mass is 386 g/mol. The average molecular weight is 387 g/mol. The van der Waals surface area contributed by atoms with Gasteiger partial charge in [0.1, 0.15) is 18.0 Å². The Hall–Kier alpha value is -2.39. The number of aliphatic hydroxyl groups excluding tert-OH is 1. The minimum atomic E-state index is -0.300. The summed E-state index contributed by atoms with van der Waals surface area (Å²) in [5.74, 6) is 1.86. The predicted octanol–water partition coefficient (Wildman–Crippen LogP) is 0.0379. The molecule has 2 atom stereocenters. The second-order valence-electron chi connectivity index (χ2n) is 8.04. The topological polar surface area (TPSA) is 76.8 Å². The quantitative estimate of drug-likeness (QED) is 0.772. The highest BCUT2D eigenvalue weighted by Crippen LogP contribution is 2.27. The zero-order valence-electron chi connectivity index (χ0n) is 16.9. The Morgan fingerprint density at radius 1 is 1.11 bits per heavy atom. The van der Waals surface area contributed by atoms with E-state index < -0.39 is 0 Å². The molecule has 0 spiro atoms. The van der Waals surface area contributed by atoms with E-state index in [1.807, 2.05) is 17.9 Å². The molecule has 0 aromatic carbocycles. The molecule has 9 heteroatoms. The Labute approximate surface area is 166 Å². The standard InChI is InChI=1S/C19H30N8O/c1-23(2)11-15-8-17(28)13-27(15)19-9-18(20-14-21-19)26-6-4-25(5-7-26)16-10-22-24(3)12-16/h9-10,12,14-15,17,28H,4-8,11,13H2,1-3H3/t15-,17-/m1/s1. The summed E-state index contributed by atoms with van der Waals surface area (Å²) >= 11 is 0. The minimum Gasteiger partial charge on any atom is -0.391 e. The predicted molar refractivity (Wildman–Crippen MR) is 110 cm³/mol. The third kappa shape index (κ3) is 4.05. The van der Waals surface area contributed by atoms with Crippen molar-refractivity contribution < 1.29 is 5.11 Å². The number of aromatic nitrogens is 4. The van der Waals surface area contributed by atoms with Gasteiger partial charge in [0.2, 0.25) is 0 Å². The second-order valence-corrected chi connectivity index (χ2v) is 8.04. The normalized spacial score (nSPS) is 23.1. The van der Waals surface area contributed by atoms with Gasteiger partial charge in [0.25, 0.3) is 0 Å². The van der Waals surface area contributed by atoms with Crippen molar-refractivity contribution in [3.8, 4) is 0 Å². The number of anilines is 3. The van der Waals surface area contributed by atoms with Crippen LogP contribution in [0.4, 0.5) is 17.3 Å². The maximum Gasteiger partial charge on any atom is 0.134 e. The van der Waals surface area contributed by atoms with E-state index in [1.165, 1.54) is 5.69 Å². The highest BCUT2D eigenvalue weighted by molar-refractivity contribution is 5.53. The molecule has 152 valence electrons. The van der Waals surface area contributed by atoms with Crippen LogP contribution in [0, 0.1) is 0 Å². The van der Waals surface area contributed by atoms with Gasteiger partial charge in [-0.15, -0.1) is 0 Å². The Balaban J connectivity index is 1.44. The van der Waals surface area contributed by atoms with Crippen LogP contribution in [0.15, 0.2) is 24.8 Å². The van der Waals surface area contributed by atoms with Crippen LogP contribution >= 0.6 is 0 Å². The van der Waals surface area contributed by atoms with Crippen molar-refractivity contribution in [1.82, 2.24) is 24.6 Å². The molecule has 2 aliphatic heterocycles. The first-order chi connectivity index (χ1) is 13.5. The number of hydrogen-bond donors (Lipinski definition) is 1. The number of β-amino-alcohol motifs (C(OH)–C–C–N with tert-alkyl or cyclic N) is 1. The molecule has 4 rings (SSSR count). The van der Waals surface area contributed by atoms with Crippen LogP contribution < -0.4 is 14.7 Å². The van der Waals surface area contributed by atoms with Crippen molar-refractivity contribution >= 4 is 17.3 Å². The summed E-state index contributed by atoms with van der Waals surface area (Å²) in [5.41, 5.74) is 1.17. The van der Waals surface area contributed by atoms with Gasteiger partial charge in [0.15, 0.2) is 0 Å². The van der Waals surface area contributed by atoms with Crippen molar-refractivity contribution in [2.24, 2.45) is 7.05 Å². The smallest absolute Gasteiger partial charge is 0.134 e. The van der Waals surface area contributed by atoms with Crippen molar-refractivity contribution in [3.05, 3.63) is 24.8 Å². The van der Waals surface area contributed by atoms with Crippen LogP contribution in [0.5, 0.6) is 0 Å². The van der Waals surface area contributed by atoms with Gasteiger partial charge >= 0.3 is 0 Å². The fourth-order valence-electron chi connectivity index (χ4n) is 4.20. The summed E-state index contributed by atoms with van der Waals surface area (Å²) < 4.78 is 1.84. The summed E-state index contributed by atoms with van der Waals surface area (Å²) in [4.78, 5) is 18.1. The van der Waals surface area contributed by atoms with E-state index in [2.05, 4.69) is 61.0 Å². The first kappa shape index (κ1) is 18.9. The maximum absolute atomic E-state index is 10.2. The van der Waals surface area contributed by atoms with Crippen LogP contribution in [0.3, 0.4) is 0 Å². The molecule has 2 saturated heterocycles. The molecule has 4 heterocycles. The molecule has 2 aromatic heterocycles. The van der Waals surface area contributed by atoms with E-state index in [0.717, 1.165) is 50.8 Å². The number of likely N-dealkylation sites (N-methyl/N-ethyl adjacent to an activating group) is 1. The number of aliphatic hydroxyl groups is 1. The summed E-state index contributed by atoms with van der Waals surface area (Å²) in [6, 6.07) is 2.34. The molecular formula is C19H30N8O. The number of rotatable bonds is 5. The third-order valence-corrected chi connectivity index (χ3v) is 5.56. The Kier molecular flexibility index (Phi) is 5.36. The average Bonchev–Trinajstić information content (AvgIpc) is 3.27. The van der Waals surface area contributed by atoms with Gasteiger partial charge < -0.3 is 24.7 Å². The molecule has 2 aliphatic rings. The van der Waals surface area contributed by atoms with Crippen LogP contribution in [-0.2, 0) is 7.05 Å². The molecule has 0 aliphatic carbocycles. The van der Waals surface area contributed by atoms with E-state index in [1.54, 1.807) is 6.33 Å². The Bertz CT molecular complexity index is 786. The number of nitrogens with zero attached hydrogens (tertiary/aromatic N) is 8. The summed E-state index contributed by atoms with van der Waals surface area (Å²) in [6.07, 6.45) is 6.10. The summed E-state index contributed by atoms with van der Waals surface area (Å²) in [6.45, 7) is 5.24. The van der Waals surface area contributed by atoms with Gasteiger partial charge in [-0.05, 0) is 20.5 Å². The van der Waals surface area contributed by atoms with Crippen LogP contribution in [0.25, 0.3) is 0 Å². The van der Waals surface area contributed by atoms with Crippen LogP contribution in [-0.4, -0.2) is 95.3 Å². The van der Waals surface area contributed by atoms with Gasteiger partial charge in [-0.3, -0.25) is 4.68 Å². The lowest BCUT2D eigenvalue weighted by atomic mass is 10.2. The van der Waals surface area contributed by atoms with Gasteiger partial charge in [-0.1, -0.05) is 0 Å². The maximum atomic E-state index is 10.2. The fraction of sp³-hybridized carbons (Fsp3) is 0.632. The SMILES string of the molecule is CN(C)C[C@H]1C[C@@H](O)CN1c1cc(N2CCN(c3cnn(C)c3)CC2)ncn1. The molecule has 2 aromatic rings. The van der Waals surface area contributed by atoms with Crippen LogP contribution in [0.1, 0.15) is 6.42 Å². The van der Waals surface area contributed by atoms with Crippen molar-refractivity contribution in [2.45, 2.75) is 18.6 Å². The Morgan fingerprint density at radius 2 is 1.82 bits per heavy atom.